The highest BCUT2D eigenvalue weighted by molar-refractivity contribution is 5.32. The van der Waals surface area contributed by atoms with E-state index in [1.165, 1.54) is 18.2 Å². The summed E-state index contributed by atoms with van der Waals surface area (Å²) >= 11 is 0. The number of benzene rings is 3. The molecule has 1 aliphatic heterocycles. The molecule has 2 fully saturated rings. The fourth-order valence-electron chi connectivity index (χ4n) is 6.24. The lowest BCUT2D eigenvalue weighted by Crippen LogP contribution is -2.34. The van der Waals surface area contributed by atoms with Gasteiger partial charge >= 0.3 is 12.5 Å². The topological polar surface area (TPSA) is 36.9 Å². The molecule has 0 aromatic heterocycles. The summed E-state index contributed by atoms with van der Waals surface area (Å²) in [5.74, 6) is -1.14. The van der Waals surface area contributed by atoms with E-state index in [0.717, 1.165) is 74.6 Å². The molecule has 45 heavy (non-hydrogen) atoms. The molecule has 1 heterocycles. The fourth-order valence-corrected chi connectivity index (χ4v) is 6.24. The summed E-state index contributed by atoms with van der Waals surface area (Å²) in [6, 6.07) is 16.4. The third-order valence-corrected chi connectivity index (χ3v) is 8.77. The average molecular weight is 637 g/mol. The van der Waals surface area contributed by atoms with Crippen molar-refractivity contribution < 1.29 is 45.3 Å². The highest BCUT2D eigenvalue weighted by atomic mass is 19.4. The molecule has 0 atom stereocenters. The SMILES string of the molecule is CCCCCc1ccc(C(F)(F)Oc2ccc(C3CCC(C4COC(c5ccc(OC(F)(F)F)c(F)c5)OC4)CC3)cc2)cc1. The Morgan fingerprint density at radius 1 is 0.733 bits per heavy atom. The lowest BCUT2D eigenvalue weighted by atomic mass is 9.74. The van der Waals surface area contributed by atoms with Crippen LogP contribution < -0.4 is 9.47 Å². The van der Waals surface area contributed by atoms with E-state index in [-0.39, 0.29) is 22.8 Å². The highest BCUT2D eigenvalue weighted by Gasteiger charge is 2.36. The Balaban J connectivity index is 1.07. The normalized spacial score (nSPS) is 22.6. The summed E-state index contributed by atoms with van der Waals surface area (Å²) in [5, 5.41) is 0. The van der Waals surface area contributed by atoms with Crippen molar-refractivity contribution in [2.45, 2.75) is 83.0 Å². The Hall–Kier alpha value is -3.24. The van der Waals surface area contributed by atoms with E-state index in [4.69, 9.17) is 14.2 Å². The maximum Gasteiger partial charge on any atom is 0.573 e. The Morgan fingerprint density at radius 2 is 1.38 bits per heavy atom. The molecule has 0 N–H and O–H groups in total. The van der Waals surface area contributed by atoms with Crippen LogP contribution >= 0.6 is 0 Å². The second-order valence-electron chi connectivity index (χ2n) is 11.9. The van der Waals surface area contributed by atoms with Gasteiger partial charge in [-0.1, -0.05) is 50.1 Å². The molecule has 4 nitrogen and oxygen atoms in total. The van der Waals surface area contributed by atoms with Crippen LogP contribution in [0.1, 0.15) is 86.3 Å². The van der Waals surface area contributed by atoms with Crippen molar-refractivity contribution >= 4 is 0 Å². The summed E-state index contributed by atoms with van der Waals surface area (Å²) in [7, 11) is 0. The Morgan fingerprint density at radius 3 is 1.98 bits per heavy atom. The van der Waals surface area contributed by atoms with Gasteiger partial charge in [0.2, 0.25) is 0 Å². The maximum absolute atomic E-state index is 14.9. The zero-order valence-electron chi connectivity index (χ0n) is 25.1. The zero-order chi connectivity index (χ0) is 32.0. The Kier molecular flexibility index (Phi) is 10.6. The third-order valence-electron chi connectivity index (χ3n) is 8.77. The molecule has 0 unspecified atom stereocenters. The van der Waals surface area contributed by atoms with Crippen LogP contribution in [0.5, 0.6) is 11.5 Å². The van der Waals surface area contributed by atoms with Crippen molar-refractivity contribution in [3.63, 3.8) is 0 Å². The van der Waals surface area contributed by atoms with Crippen LogP contribution in [0, 0.1) is 17.7 Å². The molecule has 1 saturated heterocycles. The van der Waals surface area contributed by atoms with Crippen LogP contribution in [0.25, 0.3) is 0 Å². The molecule has 3 aromatic carbocycles. The lowest BCUT2D eigenvalue weighted by Gasteiger charge is -2.38. The molecule has 2 aliphatic rings. The second kappa shape index (κ2) is 14.5. The molecule has 3 aromatic rings. The van der Waals surface area contributed by atoms with Gasteiger partial charge in [0.05, 0.1) is 18.8 Å². The first-order valence-electron chi connectivity index (χ1n) is 15.6. The number of rotatable bonds is 11. The molecule has 0 amide bonds. The third kappa shape index (κ3) is 8.94. The van der Waals surface area contributed by atoms with E-state index in [2.05, 4.69) is 11.7 Å². The van der Waals surface area contributed by atoms with Crippen LogP contribution in [0.4, 0.5) is 26.3 Å². The summed E-state index contributed by atoms with van der Waals surface area (Å²) in [5.41, 5.74) is 2.23. The first kappa shape index (κ1) is 33.1. The van der Waals surface area contributed by atoms with Crippen molar-refractivity contribution in [3.05, 3.63) is 94.8 Å². The molecular formula is C35H38F6O4. The van der Waals surface area contributed by atoms with Gasteiger partial charge in [-0.15, -0.1) is 13.2 Å². The first-order valence-corrected chi connectivity index (χ1v) is 15.6. The number of alkyl halides is 5. The summed E-state index contributed by atoms with van der Waals surface area (Å²) in [6.07, 6.45) is -1.42. The number of hydrogen-bond acceptors (Lipinski definition) is 4. The van der Waals surface area contributed by atoms with Crippen LogP contribution in [-0.2, 0) is 22.0 Å². The van der Waals surface area contributed by atoms with E-state index in [0.29, 0.717) is 25.0 Å². The minimum absolute atomic E-state index is 0.109. The van der Waals surface area contributed by atoms with Gasteiger partial charge in [0, 0.05) is 11.5 Å². The Bertz CT molecular complexity index is 1360. The standard InChI is InChI=1S/C35H38F6O4/c1-2-3-4-5-23-6-15-29(16-7-23)34(37,38)44-30-17-12-25(13-18-30)24-8-10-26(11-9-24)28-21-42-33(43-22-28)27-14-19-32(31(36)20-27)45-35(39,40)41/h6-7,12-20,24,26,28,33H,2-5,8-11,21-22H2,1H3. The van der Waals surface area contributed by atoms with Crippen molar-refractivity contribution in [2.24, 2.45) is 11.8 Å². The van der Waals surface area contributed by atoms with Crippen molar-refractivity contribution in [2.75, 3.05) is 13.2 Å². The molecule has 10 heteroatoms. The summed E-state index contributed by atoms with van der Waals surface area (Å²) in [6.45, 7) is 2.91. The summed E-state index contributed by atoms with van der Waals surface area (Å²) in [4.78, 5) is 0. The zero-order valence-corrected chi connectivity index (χ0v) is 25.1. The molecule has 0 spiro atoms. The molecular weight excluding hydrogens is 598 g/mol. The van der Waals surface area contributed by atoms with E-state index in [1.807, 2.05) is 12.1 Å². The number of aryl methyl sites for hydroxylation is 1. The molecule has 0 radical (unpaired) electrons. The second-order valence-corrected chi connectivity index (χ2v) is 11.9. The van der Waals surface area contributed by atoms with E-state index in [1.54, 1.807) is 24.3 Å². The number of unbranched alkanes of at least 4 members (excludes halogenated alkanes) is 2. The number of halogens is 6. The van der Waals surface area contributed by atoms with Gasteiger partial charge in [-0.05, 0) is 97.9 Å². The van der Waals surface area contributed by atoms with Gasteiger partial charge in [-0.25, -0.2) is 4.39 Å². The van der Waals surface area contributed by atoms with Gasteiger partial charge in [0.1, 0.15) is 5.75 Å². The largest absolute Gasteiger partial charge is 0.573 e. The highest BCUT2D eigenvalue weighted by Crippen LogP contribution is 2.42. The van der Waals surface area contributed by atoms with Crippen LogP contribution in [0.15, 0.2) is 66.7 Å². The quantitative estimate of drug-likeness (QED) is 0.155. The van der Waals surface area contributed by atoms with Crippen LogP contribution in [0.2, 0.25) is 0 Å². The molecule has 1 aliphatic carbocycles. The molecule has 5 rings (SSSR count). The minimum Gasteiger partial charge on any atom is -0.429 e. The van der Waals surface area contributed by atoms with Crippen molar-refractivity contribution in [3.8, 4) is 11.5 Å². The first-order chi connectivity index (χ1) is 21.5. The average Bonchev–Trinajstić information content (AvgIpc) is 3.02. The van der Waals surface area contributed by atoms with Gasteiger partial charge in [-0.3, -0.25) is 0 Å². The molecule has 0 bridgehead atoms. The van der Waals surface area contributed by atoms with E-state index >= 15 is 0 Å². The smallest absolute Gasteiger partial charge is 0.429 e. The van der Waals surface area contributed by atoms with Gasteiger partial charge in [-0.2, -0.15) is 8.78 Å². The summed E-state index contributed by atoms with van der Waals surface area (Å²) < 4.78 is 102. The monoisotopic (exact) mass is 636 g/mol. The van der Waals surface area contributed by atoms with Crippen LogP contribution in [0.3, 0.4) is 0 Å². The number of hydrogen-bond donors (Lipinski definition) is 0. The fraction of sp³-hybridized carbons (Fsp3) is 0.486. The maximum atomic E-state index is 14.9. The minimum atomic E-state index is -4.98. The van der Waals surface area contributed by atoms with Gasteiger partial charge in [0.15, 0.2) is 17.9 Å². The van der Waals surface area contributed by atoms with E-state index < -0.39 is 30.3 Å². The molecule has 244 valence electrons. The predicted octanol–water partition coefficient (Wildman–Crippen LogP) is 10.2. The predicted molar refractivity (Wildman–Crippen MR) is 157 cm³/mol. The Labute approximate surface area is 259 Å². The van der Waals surface area contributed by atoms with Gasteiger partial charge in [0.25, 0.3) is 0 Å². The molecule has 1 saturated carbocycles. The van der Waals surface area contributed by atoms with Crippen molar-refractivity contribution in [1.29, 1.82) is 0 Å². The van der Waals surface area contributed by atoms with E-state index in [9.17, 15) is 26.3 Å². The number of ether oxygens (including phenoxy) is 4. The van der Waals surface area contributed by atoms with Crippen molar-refractivity contribution in [1.82, 2.24) is 0 Å². The lowest BCUT2D eigenvalue weighted by molar-refractivity contribution is -0.275. The van der Waals surface area contributed by atoms with Gasteiger partial charge < -0.3 is 18.9 Å². The van der Waals surface area contributed by atoms with Crippen LogP contribution in [-0.4, -0.2) is 19.6 Å².